The number of alkyl halides is 1. The fourth-order valence-electron chi connectivity index (χ4n) is 1.61. The van der Waals surface area contributed by atoms with E-state index in [1.807, 2.05) is 44.2 Å². The maximum atomic E-state index is 11.9. The average molecular weight is 327 g/mol. The molecule has 1 rings (SSSR count). The van der Waals surface area contributed by atoms with Crippen LogP contribution in [-0.4, -0.2) is 16.3 Å². The monoisotopic (exact) mass is 326 g/mol. The molecule has 0 fully saturated rings. The third kappa shape index (κ3) is 4.67. The SMILES string of the molecule is CCC(Br)(CC)C(=O)NC(=O)NCc1ccccc1. The number of urea groups is 1. The van der Waals surface area contributed by atoms with Crippen LogP contribution in [0.2, 0.25) is 0 Å². The molecule has 0 heterocycles. The zero-order valence-electron chi connectivity index (χ0n) is 11.2. The van der Waals surface area contributed by atoms with Crippen molar-refractivity contribution >= 4 is 27.9 Å². The minimum atomic E-state index is -0.670. The van der Waals surface area contributed by atoms with Crippen molar-refractivity contribution < 1.29 is 9.59 Å². The second-order valence-electron chi connectivity index (χ2n) is 4.29. The first-order chi connectivity index (χ1) is 9.01. The summed E-state index contributed by atoms with van der Waals surface area (Å²) in [7, 11) is 0. The molecule has 0 saturated heterocycles. The molecule has 2 N–H and O–H groups in total. The predicted molar refractivity (Wildman–Crippen MR) is 79.1 cm³/mol. The minimum Gasteiger partial charge on any atom is -0.334 e. The van der Waals surface area contributed by atoms with Gasteiger partial charge in [0.05, 0.1) is 0 Å². The Hall–Kier alpha value is -1.36. The van der Waals surface area contributed by atoms with Crippen LogP contribution in [0.1, 0.15) is 32.3 Å². The molecule has 0 unspecified atom stereocenters. The van der Waals surface area contributed by atoms with E-state index < -0.39 is 10.4 Å². The summed E-state index contributed by atoms with van der Waals surface area (Å²) in [5.41, 5.74) is 0.987. The first-order valence-electron chi connectivity index (χ1n) is 6.34. The molecular formula is C14H19BrN2O2. The van der Waals surface area contributed by atoms with Crippen LogP contribution in [0.15, 0.2) is 30.3 Å². The lowest BCUT2D eigenvalue weighted by Gasteiger charge is -2.22. The molecule has 0 aromatic heterocycles. The van der Waals surface area contributed by atoms with Crippen LogP contribution in [0.4, 0.5) is 4.79 Å². The summed E-state index contributed by atoms with van der Waals surface area (Å²) in [6.45, 7) is 4.20. The number of hydrogen-bond donors (Lipinski definition) is 2. The number of carbonyl (C=O) groups is 2. The number of nitrogens with one attached hydrogen (secondary N) is 2. The Bertz CT molecular complexity index is 430. The van der Waals surface area contributed by atoms with E-state index in [0.717, 1.165) is 5.56 Å². The van der Waals surface area contributed by atoms with Gasteiger partial charge in [-0.05, 0) is 18.4 Å². The van der Waals surface area contributed by atoms with E-state index in [2.05, 4.69) is 26.6 Å². The number of hydrogen-bond acceptors (Lipinski definition) is 2. The lowest BCUT2D eigenvalue weighted by molar-refractivity contribution is -0.122. The second kappa shape index (κ2) is 7.28. The zero-order valence-corrected chi connectivity index (χ0v) is 12.8. The van der Waals surface area contributed by atoms with Gasteiger partial charge in [0, 0.05) is 6.54 Å². The molecule has 0 aliphatic rings. The van der Waals surface area contributed by atoms with E-state index in [1.54, 1.807) is 0 Å². The number of benzene rings is 1. The third-order valence-electron chi connectivity index (χ3n) is 3.05. The number of halogens is 1. The maximum Gasteiger partial charge on any atom is 0.321 e. The molecule has 4 nitrogen and oxygen atoms in total. The normalized spacial score (nSPS) is 10.9. The molecule has 19 heavy (non-hydrogen) atoms. The highest BCUT2D eigenvalue weighted by Crippen LogP contribution is 2.26. The van der Waals surface area contributed by atoms with Crippen molar-refractivity contribution in [1.29, 1.82) is 0 Å². The highest BCUT2D eigenvalue weighted by Gasteiger charge is 2.32. The first-order valence-corrected chi connectivity index (χ1v) is 7.13. The highest BCUT2D eigenvalue weighted by molar-refractivity contribution is 9.10. The van der Waals surface area contributed by atoms with Crippen LogP contribution in [0.3, 0.4) is 0 Å². The molecule has 0 atom stereocenters. The van der Waals surface area contributed by atoms with E-state index in [1.165, 1.54) is 0 Å². The molecule has 104 valence electrons. The average Bonchev–Trinajstić information content (AvgIpc) is 2.45. The molecule has 0 saturated carbocycles. The van der Waals surface area contributed by atoms with Gasteiger partial charge >= 0.3 is 6.03 Å². The van der Waals surface area contributed by atoms with Gasteiger partial charge in [0.15, 0.2) is 0 Å². The molecule has 0 bridgehead atoms. The Morgan fingerprint density at radius 2 is 1.74 bits per heavy atom. The lowest BCUT2D eigenvalue weighted by Crippen LogP contribution is -2.47. The highest BCUT2D eigenvalue weighted by atomic mass is 79.9. The van der Waals surface area contributed by atoms with E-state index in [4.69, 9.17) is 0 Å². The van der Waals surface area contributed by atoms with Gasteiger partial charge in [-0.2, -0.15) is 0 Å². The van der Waals surface area contributed by atoms with E-state index >= 15 is 0 Å². The Morgan fingerprint density at radius 3 is 2.26 bits per heavy atom. The predicted octanol–water partition coefficient (Wildman–Crippen LogP) is 2.97. The maximum absolute atomic E-state index is 11.9. The fourth-order valence-corrected chi connectivity index (χ4v) is 1.71. The number of carbonyl (C=O) groups excluding carboxylic acids is 2. The smallest absolute Gasteiger partial charge is 0.321 e. The number of rotatable bonds is 5. The van der Waals surface area contributed by atoms with Gasteiger partial charge < -0.3 is 5.32 Å². The molecule has 0 aliphatic heterocycles. The standard InChI is InChI=1S/C14H19BrN2O2/c1-3-14(15,4-2)12(18)17-13(19)16-10-11-8-6-5-7-9-11/h5-9H,3-4,10H2,1-2H3,(H2,16,17,18,19). The molecule has 1 aromatic rings. The summed E-state index contributed by atoms with van der Waals surface area (Å²) in [6, 6.07) is 9.06. The topological polar surface area (TPSA) is 58.2 Å². The van der Waals surface area contributed by atoms with Gasteiger partial charge in [0.1, 0.15) is 4.32 Å². The van der Waals surface area contributed by atoms with E-state index in [9.17, 15) is 9.59 Å². The van der Waals surface area contributed by atoms with Crippen LogP contribution < -0.4 is 10.6 Å². The minimum absolute atomic E-state index is 0.303. The summed E-state index contributed by atoms with van der Waals surface area (Å²) in [5.74, 6) is -0.303. The van der Waals surface area contributed by atoms with Gasteiger partial charge in [-0.3, -0.25) is 10.1 Å². The van der Waals surface area contributed by atoms with Gasteiger partial charge in [-0.1, -0.05) is 60.1 Å². The van der Waals surface area contributed by atoms with Gasteiger partial charge in [-0.15, -0.1) is 0 Å². The van der Waals surface area contributed by atoms with Crippen molar-refractivity contribution in [2.45, 2.75) is 37.6 Å². The fraction of sp³-hybridized carbons (Fsp3) is 0.429. The van der Waals surface area contributed by atoms with E-state index in [0.29, 0.717) is 19.4 Å². The Morgan fingerprint density at radius 1 is 1.16 bits per heavy atom. The Labute approximate surface area is 122 Å². The van der Waals surface area contributed by atoms with Crippen molar-refractivity contribution in [2.75, 3.05) is 0 Å². The summed E-state index contributed by atoms with van der Waals surface area (Å²) >= 11 is 3.38. The summed E-state index contributed by atoms with van der Waals surface area (Å²) in [4.78, 5) is 23.6. The van der Waals surface area contributed by atoms with Crippen molar-refractivity contribution in [3.63, 3.8) is 0 Å². The van der Waals surface area contributed by atoms with Gasteiger partial charge in [-0.25, -0.2) is 4.79 Å². The first kappa shape index (κ1) is 15.7. The molecular weight excluding hydrogens is 308 g/mol. The lowest BCUT2D eigenvalue weighted by atomic mass is 10.0. The van der Waals surface area contributed by atoms with Crippen LogP contribution >= 0.6 is 15.9 Å². The quantitative estimate of drug-likeness (QED) is 0.817. The van der Waals surface area contributed by atoms with Gasteiger partial charge in [0.25, 0.3) is 0 Å². The molecule has 0 radical (unpaired) electrons. The van der Waals surface area contributed by atoms with Gasteiger partial charge in [0.2, 0.25) is 5.91 Å². The summed E-state index contributed by atoms with van der Waals surface area (Å²) in [6.07, 6.45) is 1.25. The number of imide groups is 1. The molecule has 3 amide bonds. The molecule has 0 aliphatic carbocycles. The van der Waals surface area contributed by atoms with Crippen molar-refractivity contribution in [1.82, 2.24) is 10.6 Å². The third-order valence-corrected chi connectivity index (χ3v) is 4.53. The second-order valence-corrected chi connectivity index (χ2v) is 5.81. The van der Waals surface area contributed by atoms with Crippen LogP contribution in [0.25, 0.3) is 0 Å². The van der Waals surface area contributed by atoms with Crippen molar-refractivity contribution in [2.24, 2.45) is 0 Å². The molecule has 5 heteroatoms. The van der Waals surface area contributed by atoms with Crippen LogP contribution in [0.5, 0.6) is 0 Å². The Balaban J connectivity index is 2.46. The van der Waals surface area contributed by atoms with Crippen LogP contribution in [0, 0.1) is 0 Å². The number of amides is 3. The summed E-state index contributed by atoms with van der Waals surface area (Å²) in [5, 5.41) is 5.02. The summed E-state index contributed by atoms with van der Waals surface area (Å²) < 4.78 is -0.670. The van der Waals surface area contributed by atoms with Crippen molar-refractivity contribution in [3.8, 4) is 0 Å². The van der Waals surface area contributed by atoms with Crippen LogP contribution in [-0.2, 0) is 11.3 Å². The zero-order chi connectivity index (χ0) is 14.3. The van der Waals surface area contributed by atoms with E-state index in [-0.39, 0.29) is 5.91 Å². The Kier molecular flexibility index (Phi) is 6.02. The largest absolute Gasteiger partial charge is 0.334 e. The van der Waals surface area contributed by atoms with Crippen molar-refractivity contribution in [3.05, 3.63) is 35.9 Å². The molecule has 0 spiro atoms. The molecule has 1 aromatic carbocycles.